The fraction of sp³-hybridized carbons (Fsp3) is 1.00. The van der Waals surface area contributed by atoms with Crippen molar-refractivity contribution in [3.8, 4) is 0 Å². The Balaban J connectivity index is 2.32. The van der Waals surface area contributed by atoms with Crippen molar-refractivity contribution in [2.75, 3.05) is 0 Å². The number of fused-ring (bicyclic) bond motifs is 1. The van der Waals surface area contributed by atoms with E-state index >= 15 is 0 Å². The highest BCUT2D eigenvalue weighted by atomic mass is 28.4. The number of hydrogen-bond donors (Lipinski definition) is 1. The molecule has 2 heterocycles. The SMILES string of the molecule is CC1O[C@@H](O[Si](C(C)C)(C(C)C)C(C)C)C2OC(C)(C)O[C@H]2[C@H]1O. The summed E-state index contributed by atoms with van der Waals surface area (Å²) in [5.74, 6) is -0.733. The van der Waals surface area contributed by atoms with Gasteiger partial charge in [-0.05, 0) is 37.4 Å². The van der Waals surface area contributed by atoms with Gasteiger partial charge in [0.25, 0.3) is 0 Å². The maximum Gasteiger partial charge on any atom is 0.203 e. The van der Waals surface area contributed by atoms with E-state index in [1.165, 1.54) is 0 Å². The second-order valence-electron chi connectivity index (χ2n) is 8.70. The fourth-order valence-corrected chi connectivity index (χ4v) is 10.0. The Bertz CT molecular complexity index is 415. The average molecular weight is 361 g/mol. The molecule has 2 unspecified atom stereocenters. The first-order valence-corrected chi connectivity index (χ1v) is 11.4. The number of hydrogen-bond acceptors (Lipinski definition) is 5. The molecule has 0 saturated carbocycles. The van der Waals surface area contributed by atoms with Crippen molar-refractivity contribution in [1.29, 1.82) is 0 Å². The first-order valence-electron chi connectivity index (χ1n) is 9.29. The van der Waals surface area contributed by atoms with E-state index in [2.05, 4.69) is 41.5 Å². The van der Waals surface area contributed by atoms with E-state index in [1.54, 1.807) is 0 Å². The molecule has 2 aliphatic heterocycles. The molecule has 0 bridgehead atoms. The van der Waals surface area contributed by atoms with Gasteiger partial charge in [0.15, 0.2) is 12.1 Å². The molecule has 0 aliphatic carbocycles. The van der Waals surface area contributed by atoms with E-state index in [-0.39, 0.29) is 6.10 Å². The van der Waals surface area contributed by atoms with Crippen LogP contribution in [0.5, 0.6) is 0 Å². The standard InChI is InChI=1S/C18H36O5Si/c1-10(2)24(11(3)4,12(5)6)23-17-16-15(14(19)13(7)20-17)21-18(8,9)22-16/h10-17,19H,1-9H3/t13?,14-,15-,16?,17-/m0/s1. The van der Waals surface area contributed by atoms with Gasteiger partial charge in [0.05, 0.1) is 6.10 Å². The van der Waals surface area contributed by atoms with E-state index < -0.39 is 38.7 Å². The normalized spacial score (nSPS) is 36.6. The first-order chi connectivity index (χ1) is 10.9. The topological polar surface area (TPSA) is 57.2 Å². The van der Waals surface area contributed by atoms with Gasteiger partial charge in [-0.2, -0.15) is 0 Å². The molecule has 5 atom stereocenters. The van der Waals surface area contributed by atoms with Crippen LogP contribution in [0.3, 0.4) is 0 Å². The van der Waals surface area contributed by atoms with Gasteiger partial charge < -0.3 is 23.7 Å². The molecule has 0 aromatic carbocycles. The molecule has 142 valence electrons. The zero-order chi connectivity index (χ0) is 18.4. The van der Waals surface area contributed by atoms with Crippen molar-refractivity contribution in [2.24, 2.45) is 0 Å². The number of aliphatic hydroxyl groups excluding tert-OH is 1. The van der Waals surface area contributed by atoms with Gasteiger partial charge >= 0.3 is 0 Å². The maximum absolute atomic E-state index is 10.4. The van der Waals surface area contributed by atoms with Crippen molar-refractivity contribution in [1.82, 2.24) is 0 Å². The van der Waals surface area contributed by atoms with Crippen LogP contribution in [0.25, 0.3) is 0 Å². The summed E-state index contributed by atoms with van der Waals surface area (Å²) in [6.07, 6.45) is -2.34. The zero-order valence-corrected chi connectivity index (χ0v) is 17.7. The summed E-state index contributed by atoms with van der Waals surface area (Å²) in [4.78, 5) is 0. The molecule has 0 aromatic heterocycles. The molecule has 2 fully saturated rings. The minimum absolute atomic E-state index is 0.341. The molecule has 0 radical (unpaired) electrons. The van der Waals surface area contributed by atoms with Crippen molar-refractivity contribution in [2.45, 2.75) is 115 Å². The van der Waals surface area contributed by atoms with Crippen molar-refractivity contribution in [3.63, 3.8) is 0 Å². The summed E-state index contributed by atoms with van der Waals surface area (Å²) >= 11 is 0. The third-order valence-corrected chi connectivity index (χ3v) is 11.7. The molecule has 24 heavy (non-hydrogen) atoms. The highest BCUT2D eigenvalue weighted by Gasteiger charge is 2.57. The van der Waals surface area contributed by atoms with E-state index in [9.17, 15) is 5.11 Å². The van der Waals surface area contributed by atoms with Gasteiger partial charge in [-0.1, -0.05) is 41.5 Å². The molecule has 1 N–H and O–H groups in total. The van der Waals surface area contributed by atoms with Gasteiger partial charge in [-0.25, -0.2) is 0 Å². The van der Waals surface area contributed by atoms with Crippen LogP contribution in [0, 0.1) is 0 Å². The molecule has 2 rings (SSSR count). The summed E-state index contributed by atoms with van der Waals surface area (Å²) in [7, 11) is -2.12. The van der Waals surface area contributed by atoms with Gasteiger partial charge in [0.1, 0.15) is 18.3 Å². The lowest BCUT2D eigenvalue weighted by Crippen LogP contribution is -2.60. The van der Waals surface area contributed by atoms with Crippen LogP contribution in [0.4, 0.5) is 0 Å². The second kappa shape index (κ2) is 6.97. The Kier molecular flexibility index (Phi) is 5.90. The molecule has 2 saturated heterocycles. The summed E-state index contributed by atoms with van der Waals surface area (Å²) in [5, 5.41) is 10.4. The van der Waals surface area contributed by atoms with Gasteiger partial charge in [0, 0.05) is 0 Å². The summed E-state index contributed by atoms with van der Waals surface area (Å²) < 4.78 is 24.9. The monoisotopic (exact) mass is 360 g/mol. The lowest BCUT2D eigenvalue weighted by atomic mass is 10.0. The number of ether oxygens (including phenoxy) is 3. The van der Waals surface area contributed by atoms with Crippen molar-refractivity contribution >= 4 is 8.32 Å². The molecule has 0 aromatic rings. The fourth-order valence-electron chi connectivity index (χ4n) is 4.63. The van der Waals surface area contributed by atoms with Crippen LogP contribution >= 0.6 is 0 Å². The molecular weight excluding hydrogens is 324 g/mol. The first kappa shape index (κ1) is 20.3. The van der Waals surface area contributed by atoms with Gasteiger partial charge in [-0.3, -0.25) is 0 Å². The zero-order valence-electron chi connectivity index (χ0n) is 16.7. The lowest BCUT2D eigenvalue weighted by molar-refractivity contribution is -0.246. The molecule has 5 nitrogen and oxygen atoms in total. The van der Waals surface area contributed by atoms with Crippen molar-refractivity contribution in [3.05, 3.63) is 0 Å². The Hall–Kier alpha value is 0.0169. The summed E-state index contributed by atoms with van der Waals surface area (Å²) in [6, 6.07) is 0. The Morgan fingerprint density at radius 2 is 1.38 bits per heavy atom. The Labute approximate surface area is 148 Å². The van der Waals surface area contributed by atoms with Crippen LogP contribution in [0.1, 0.15) is 62.3 Å². The number of aliphatic hydroxyl groups is 1. The van der Waals surface area contributed by atoms with E-state index in [0.29, 0.717) is 16.6 Å². The lowest BCUT2D eigenvalue weighted by Gasteiger charge is -2.48. The minimum atomic E-state index is -2.12. The molecule has 0 amide bonds. The van der Waals surface area contributed by atoms with E-state index in [0.717, 1.165) is 0 Å². The van der Waals surface area contributed by atoms with Crippen LogP contribution < -0.4 is 0 Å². The third kappa shape index (κ3) is 3.46. The predicted octanol–water partition coefficient (Wildman–Crippen LogP) is 3.80. The minimum Gasteiger partial charge on any atom is -0.389 e. The van der Waals surface area contributed by atoms with Crippen LogP contribution in [-0.4, -0.2) is 49.9 Å². The Morgan fingerprint density at radius 3 is 1.83 bits per heavy atom. The second-order valence-corrected chi connectivity index (χ2v) is 14.1. The van der Waals surface area contributed by atoms with E-state index in [1.807, 2.05) is 20.8 Å². The summed E-state index contributed by atoms with van der Waals surface area (Å²) in [5.41, 5.74) is 1.37. The highest BCUT2D eigenvalue weighted by molar-refractivity contribution is 6.77. The van der Waals surface area contributed by atoms with Crippen LogP contribution in [-0.2, 0) is 18.6 Å². The van der Waals surface area contributed by atoms with Crippen molar-refractivity contribution < 1.29 is 23.7 Å². The quantitative estimate of drug-likeness (QED) is 0.756. The highest BCUT2D eigenvalue weighted by Crippen LogP contribution is 2.46. The van der Waals surface area contributed by atoms with E-state index in [4.69, 9.17) is 18.6 Å². The maximum atomic E-state index is 10.4. The molecule has 2 aliphatic rings. The largest absolute Gasteiger partial charge is 0.389 e. The van der Waals surface area contributed by atoms with Crippen LogP contribution in [0.15, 0.2) is 0 Å². The predicted molar refractivity (Wildman–Crippen MR) is 96.3 cm³/mol. The number of rotatable bonds is 5. The van der Waals surface area contributed by atoms with Gasteiger partial charge in [0.2, 0.25) is 8.32 Å². The molecule has 0 spiro atoms. The average Bonchev–Trinajstić information content (AvgIpc) is 2.76. The Morgan fingerprint density at radius 1 is 0.917 bits per heavy atom. The molecular formula is C18H36O5Si. The van der Waals surface area contributed by atoms with Crippen LogP contribution in [0.2, 0.25) is 16.6 Å². The smallest absolute Gasteiger partial charge is 0.203 e. The summed E-state index contributed by atoms with van der Waals surface area (Å²) in [6.45, 7) is 19.1. The van der Waals surface area contributed by atoms with Gasteiger partial charge in [-0.15, -0.1) is 0 Å². The third-order valence-electron chi connectivity index (χ3n) is 5.63. The molecule has 6 heteroatoms.